The molecule has 0 aliphatic heterocycles. The van der Waals surface area contributed by atoms with E-state index in [1.54, 1.807) is 24.3 Å². The molecule has 78 valence electrons. The zero-order valence-corrected chi connectivity index (χ0v) is 8.12. The molecule has 1 rings (SSSR count). The van der Waals surface area contributed by atoms with E-state index in [-0.39, 0.29) is 0 Å². The number of carbonyl (C=O) groups is 2. The van der Waals surface area contributed by atoms with Gasteiger partial charge in [0, 0.05) is 0 Å². The van der Waals surface area contributed by atoms with Crippen molar-refractivity contribution >= 4 is 17.4 Å². The third kappa shape index (κ3) is 3.30. The number of hydrogen-bond donors (Lipinski definition) is 1. The van der Waals surface area contributed by atoms with Gasteiger partial charge in [-0.1, -0.05) is 18.2 Å². The highest BCUT2D eigenvalue weighted by atomic mass is 16.4. The molecule has 1 aromatic rings. The molecule has 0 radical (unpaired) electrons. The van der Waals surface area contributed by atoms with Crippen LogP contribution in [0.5, 0.6) is 0 Å². The summed E-state index contributed by atoms with van der Waals surface area (Å²) in [5.41, 5.74) is 0.586. The van der Waals surface area contributed by atoms with Gasteiger partial charge in [0.25, 0.3) is 5.78 Å². The number of hydrogen-bond acceptors (Lipinski definition) is 4. The first-order valence-corrected chi connectivity index (χ1v) is 4.34. The molecule has 0 aliphatic carbocycles. The average Bonchev–Trinajstić information content (AvgIpc) is 2.26. The number of nitrogens with zero attached hydrogens (tertiary/aromatic N) is 2. The van der Waals surface area contributed by atoms with Crippen LogP contribution in [0.1, 0.15) is 6.92 Å². The van der Waals surface area contributed by atoms with Crippen molar-refractivity contribution in [2.24, 2.45) is 10.2 Å². The molecule has 0 aromatic heterocycles. The zero-order chi connectivity index (χ0) is 11.3. The number of carbonyl (C=O) groups excluding carboxylic acids is 1. The third-order valence-electron chi connectivity index (χ3n) is 1.69. The molecule has 0 saturated carbocycles. The van der Waals surface area contributed by atoms with Crippen molar-refractivity contribution in [2.75, 3.05) is 0 Å². The number of aliphatic carboxylic acids is 1. The summed E-state index contributed by atoms with van der Waals surface area (Å²) in [5, 5.41) is 15.8. The smallest absolute Gasteiger partial charge is 0.374 e. The minimum atomic E-state index is -1.49. The maximum atomic E-state index is 10.9. The summed E-state index contributed by atoms with van der Waals surface area (Å²) in [6.07, 6.45) is 0. The molecule has 1 atom stereocenters. The fraction of sp³-hybridized carbons (Fsp3) is 0.200. The number of ketones is 1. The summed E-state index contributed by atoms with van der Waals surface area (Å²) < 4.78 is 0. The molecular formula is C10H10N2O3. The lowest BCUT2D eigenvalue weighted by atomic mass is 10.2. The van der Waals surface area contributed by atoms with Crippen molar-refractivity contribution in [3.63, 3.8) is 0 Å². The lowest BCUT2D eigenvalue weighted by Crippen LogP contribution is -2.23. The van der Waals surface area contributed by atoms with E-state index in [1.807, 2.05) is 6.07 Å². The fourth-order valence-corrected chi connectivity index (χ4v) is 0.879. The van der Waals surface area contributed by atoms with Gasteiger partial charge < -0.3 is 5.11 Å². The van der Waals surface area contributed by atoms with E-state index in [1.165, 1.54) is 6.92 Å². The topological polar surface area (TPSA) is 79.1 Å². The number of carboxylic acids is 1. The van der Waals surface area contributed by atoms with Crippen LogP contribution in [-0.4, -0.2) is 22.9 Å². The van der Waals surface area contributed by atoms with Gasteiger partial charge in [0.2, 0.25) is 0 Å². The van der Waals surface area contributed by atoms with Crippen LogP contribution < -0.4 is 0 Å². The molecule has 5 heteroatoms. The first-order valence-electron chi connectivity index (χ1n) is 4.34. The second-order valence-electron chi connectivity index (χ2n) is 2.90. The molecule has 0 fully saturated rings. The van der Waals surface area contributed by atoms with E-state index in [4.69, 9.17) is 5.11 Å². The van der Waals surface area contributed by atoms with Crippen molar-refractivity contribution < 1.29 is 14.7 Å². The summed E-state index contributed by atoms with van der Waals surface area (Å²) >= 11 is 0. The first-order chi connectivity index (χ1) is 7.11. The van der Waals surface area contributed by atoms with E-state index in [2.05, 4.69) is 10.2 Å². The quantitative estimate of drug-likeness (QED) is 0.602. The monoisotopic (exact) mass is 206 g/mol. The van der Waals surface area contributed by atoms with Gasteiger partial charge in [-0.3, -0.25) is 4.79 Å². The number of benzene rings is 1. The number of Topliss-reactive ketones (excluding diaryl/α,β-unsaturated/α-hetero) is 1. The lowest BCUT2D eigenvalue weighted by molar-refractivity contribution is -0.149. The van der Waals surface area contributed by atoms with Gasteiger partial charge in [-0.05, 0) is 19.1 Å². The average molecular weight is 206 g/mol. The Morgan fingerprint density at radius 3 is 2.40 bits per heavy atom. The van der Waals surface area contributed by atoms with Crippen LogP contribution in [0.2, 0.25) is 0 Å². The zero-order valence-electron chi connectivity index (χ0n) is 8.12. The van der Waals surface area contributed by atoms with Gasteiger partial charge in [-0.2, -0.15) is 10.2 Å². The highest BCUT2D eigenvalue weighted by Gasteiger charge is 2.19. The van der Waals surface area contributed by atoms with Crippen LogP contribution in [0.15, 0.2) is 40.6 Å². The molecule has 0 aliphatic rings. The second-order valence-corrected chi connectivity index (χ2v) is 2.90. The Morgan fingerprint density at radius 2 is 1.87 bits per heavy atom. The van der Waals surface area contributed by atoms with Crippen molar-refractivity contribution in [3.05, 3.63) is 30.3 Å². The maximum absolute atomic E-state index is 10.9. The number of carboxylic acid groups (broad SMARTS) is 1. The molecular weight excluding hydrogens is 196 g/mol. The van der Waals surface area contributed by atoms with E-state index in [9.17, 15) is 9.59 Å². The van der Waals surface area contributed by atoms with Crippen molar-refractivity contribution in [1.82, 2.24) is 0 Å². The van der Waals surface area contributed by atoms with Gasteiger partial charge in [-0.15, -0.1) is 0 Å². The molecule has 0 spiro atoms. The predicted octanol–water partition coefficient (Wildman–Crippen LogP) is 1.81. The summed E-state index contributed by atoms with van der Waals surface area (Å²) in [5.74, 6) is -2.45. The molecule has 0 saturated heterocycles. The molecule has 1 N–H and O–H groups in total. The predicted molar refractivity (Wildman–Crippen MR) is 53.1 cm³/mol. The Kier molecular flexibility index (Phi) is 3.68. The van der Waals surface area contributed by atoms with Crippen LogP contribution >= 0.6 is 0 Å². The molecule has 0 bridgehead atoms. The Bertz CT molecular complexity index is 387. The van der Waals surface area contributed by atoms with Crippen molar-refractivity contribution in [3.8, 4) is 0 Å². The van der Waals surface area contributed by atoms with Crippen LogP contribution in [0.25, 0.3) is 0 Å². The molecule has 1 aromatic carbocycles. The molecule has 5 nitrogen and oxygen atoms in total. The first kappa shape index (κ1) is 11.0. The van der Waals surface area contributed by atoms with E-state index in [0.717, 1.165) is 0 Å². The summed E-state index contributed by atoms with van der Waals surface area (Å²) in [6.45, 7) is 1.39. The van der Waals surface area contributed by atoms with Crippen LogP contribution in [0, 0.1) is 0 Å². The summed E-state index contributed by atoms with van der Waals surface area (Å²) in [4.78, 5) is 21.2. The second kappa shape index (κ2) is 4.99. The molecule has 15 heavy (non-hydrogen) atoms. The van der Waals surface area contributed by atoms with Crippen LogP contribution in [0.3, 0.4) is 0 Å². The minimum absolute atomic E-state index is 0.586. The maximum Gasteiger partial charge on any atom is 0.374 e. The van der Waals surface area contributed by atoms with E-state index in [0.29, 0.717) is 5.69 Å². The highest BCUT2D eigenvalue weighted by molar-refractivity contribution is 6.34. The standard InChI is InChI=1S/C10H10N2O3/c1-7(9(13)10(14)15)11-12-8-5-3-2-4-6-8/h2-7H,1H3,(H,14,15). The van der Waals surface area contributed by atoms with Gasteiger partial charge >= 0.3 is 5.97 Å². The number of rotatable bonds is 4. The third-order valence-corrected chi connectivity index (χ3v) is 1.69. The van der Waals surface area contributed by atoms with Gasteiger partial charge in [0.15, 0.2) is 0 Å². The Labute approximate surface area is 86.5 Å². The van der Waals surface area contributed by atoms with Crippen molar-refractivity contribution in [2.45, 2.75) is 13.0 Å². The molecule has 0 heterocycles. The molecule has 1 unspecified atom stereocenters. The van der Waals surface area contributed by atoms with Gasteiger partial charge in [0.1, 0.15) is 6.04 Å². The summed E-state index contributed by atoms with van der Waals surface area (Å²) in [7, 11) is 0. The number of azo groups is 1. The van der Waals surface area contributed by atoms with Crippen molar-refractivity contribution in [1.29, 1.82) is 0 Å². The Balaban J connectivity index is 2.66. The Hall–Kier alpha value is -2.04. The fourth-order valence-electron chi connectivity index (χ4n) is 0.879. The lowest BCUT2D eigenvalue weighted by Gasteiger charge is -1.98. The SMILES string of the molecule is CC(N=Nc1ccccc1)C(=O)C(=O)O. The highest BCUT2D eigenvalue weighted by Crippen LogP contribution is 2.11. The van der Waals surface area contributed by atoms with Gasteiger partial charge in [-0.25, -0.2) is 4.79 Å². The summed E-state index contributed by atoms with van der Waals surface area (Å²) in [6, 6.07) is 7.84. The minimum Gasteiger partial charge on any atom is -0.475 e. The Morgan fingerprint density at radius 1 is 1.27 bits per heavy atom. The van der Waals surface area contributed by atoms with Crippen LogP contribution in [-0.2, 0) is 9.59 Å². The van der Waals surface area contributed by atoms with E-state index < -0.39 is 17.8 Å². The van der Waals surface area contributed by atoms with Crippen LogP contribution in [0.4, 0.5) is 5.69 Å². The van der Waals surface area contributed by atoms with E-state index >= 15 is 0 Å². The van der Waals surface area contributed by atoms with Gasteiger partial charge in [0.05, 0.1) is 5.69 Å². The largest absolute Gasteiger partial charge is 0.475 e. The molecule has 0 amide bonds. The normalized spacial score (nSPS) is 12.6.